The average Bonchev–Trinajstić information content (AvgIpc) is 2.88. The summed E-state index contributed by atoms with van der Waals surface area (Å²) >= 11 is 0. The Morgan fingerprint density at radius 1 is 1.26 bits per heavy atom. The van der Waals surface area contributed by atoms with E-state index in [0.29, 0.717) is 0 Å². The average molecular weight is 263 g/mol. The summed E-state index contributed by atoms with van der Waals surface area (Å²) in [5.41, 5.74) is 3.63. The highest BCUT2D eigenvalue weighted by molar-refractivity contribution is 5.19. The molecule has 3 fully saturated rings. The third-order valence-corrected chi connectivity index (χ3v) is 5.43. The van der Waals surface area contributed by atoms with Gasteiger partial charge in [-0.05, 0) is 58.4 Å². The fourth-order valence-electron chi connectivity index (χ4n) is 4.24. The van der Waals surface area contributed by atoms with Gasteiger partial charge in [0.05, 0.1) is 12.2 Å². The Kier molecular flexibility index (Phi) is 4.28. The molecule has 0 aromatic rings. The van der Waals surface area contributed by atoms with Crippen LogP contribution in [0.2, 0.25) is 0 Å². The van der Waals surface area contributed by atoms with E-state index in [2.05, 4.69) is 12.2 Å². The Bertz CT molecular complexity index is 335. The highest BCUT2D eigenvalue weighted by Gasteiger charge is 2.38. The van der Waals surface area contributed by atoms with E-state index in [1.165, 1.54) is 70.8 Å². The molecule has 2 heterocycles. The Labute approximate surface area is 118 Å². The molecule has 2 nitrogen and oxygen atoms in total. The lowest BCUT2D eigenvalue weighted by molar-refractivity contribution is -0.0563. The fourth-order valence-corrected chi connectivity index (χ4v) is 4.24. The second-order valence-electron chi connectivity index (χ2n) is 6.90. The van der Waals surface area contributed by atoms with Gasteiger partial charge in [0, 0.05) is 6.04 Å². The first-order chi connectivity index (χ1) is 9.27. The van der Waals surface area contributed by atoms with Gasteiger partial charge in [0.15, 0.2) is 0 Å². The van der Waals surface area contributed by atoms with Crippen molar-refractivity contribution in [2.75, 3.05) is 13.2 Å². The normalized spacial score (nSPS) is 33.6. The molecular weight excluding hydrogens is 234 g/mol. The maximum atomic E-state index is 6.15. The van der Waals surface area contributed by atoms with Gasteiger partial charge in [0.25, 0.3) is 0 Å². The first-order valence-electron chi connectivity index (χ1n) is 8.32. The lowest BCUT2D eigenvalue weighted by Crippen LogP contribution is -2.36. The van der Waals surface area contributed by atoms with Crippen LogP contribution in [0.4, 0.5) is 0 Å². The summed E-state index contributed by atoms with van der Waals surface area (Å²) in [4.78, 5) is 0. The van der Waals surface area contributed by atoms with E-state index in [0.717, 1.165) is 12.6 Å². The molecule has 0 radical (unpaired) electrons. The first-order valence-corrected chi connectivity index (χ1v) is 8.32. The molecule has 3 aliphatic rings. The van der Waals surface area contributed by atoms with E-state index in [9.17, 15) is 0 Å². The lowest BCUT2D eigenvalue weighted by Gasteiger charge is -2.36. The molecule has 1 saturated carbocycles. The van der Waals surface area contributed by atoms with Crippen molar-refractivity contribution in [3.63, 3.8) is 0 Å². The van der Waals surface area contributed by atoms with E-state index in [1.54, 1.807) is 11.1 Å². The van der Waals surface area contributed by atoms with Gasteiger partial charge < -0.3 is 10.1 Å². The van der Waals surface area contributed by atoms with Gasteiger partial charge in [-0.15, -0.1) is 0 Å². The highest BCUT2D eigenvalue weighted by atomic mass is 16.5. The second-order valence-corrected chi connectivity index (χ2v) is 6.90. The van der Waals surface area contributed by atoms with Crippen LogP contribution in [0.25, 0.3) is 0 Å². The van der Waals surface area contributed by atoms with E-state index in [1.807, 2.05) is 0 Å². The molecule has 2 aliphatic heterocycles. The standard InChI is InChI=1S/C17H29NO/c1-14(12-16-6-2-5-10-18-16)15-7-11-19-17(13-15)8-3-4-9-17/h16,18H,2-13H2,1H3. The van der Waals surface area contributed by atoms with Gasteiger partial charge in [-0.2, -0.15) is 0 Å². The van der Waals surface area contributed by atoms with Gasteiger partial charge in [-0.3, -0.25) is 0 Å². The lowest BCUT2D eigenvalue weighted by atomic mass is 9.84. The maximum absolute atomic E-state index is 6.15. The van der Waals surface area contributed by atoms with Crippen LogP contribution in [0.1, 0.15) is 71.1 Å². The molecule has 19 heavy (non-hydrogen) atoms. The number of piperidine rings is 1. The van der Waals surface area contributed by atoms with Crippen molar-refractivity contribution in [2.45, 2.75) is 82.8 Å². The van der Waals surface area contributed by atoms with Gasteiger partial charge in [0.1, 0.15) is 0 Å². The fraction of sp³-hybridized carbons (Fsp3) is 0.882. The van der Waals surface area contributed by atoms with Crippen molar-refractivity contribution in [1.82, 2.24) is 5.32 Å². The van der Waals surface area contributed by atoms with Crippen molar-refractivity contribution in [3.05, 3.63) is 11.1 Å². The van der Waals surface area contributed by atoms with E-state index in [-0.39, 0.29) is 5.60 Å². The van der Waals surface area contributed by atoms with Gasteiger partial charge in [-0.25, -0.2) is 0 Å². The molecule has 0 amide bonds. The minimum absolute atomic E-state index is 0.245. The van der Waals surface area contributed by atoms with E-state index < -0.39 is 0 Å². The van der Waals surface area contributed by atoms with E-state index >= 15 is 0 Å². The number of ether oxygens (including phenoxy) is 1. The van der Waals surface area contributed by atoms with Crippen molar-refractivity contribution in [2.24, 2.45) is 0 Å². The molecule has 2 heteroatoms. The summed E-state index contributed by atoms with van der Waals surface area (Å²) in [6.07, 6.45) is 13.2. The zero-order chi connectivity index (χ0) is 13.1. The molecular formula is C17H29NO. The zero-order valence-electron chi connectivity index (χ0n) is 12.5. The molecule has 0 bridgehead atoms. The van der Waals surface area contributed by atoms with Crippen molar-refractivity contribution in [3.8, 4) is 0 Å². The molecule has 108 valence electrons. The van der Waals surface area contributed by atoms with Crippen LogP contribution >= 0.6 is 0 Å². The summed E-state index contributed by atoms with van der Waals surface area (Å²) in [5.74, 6) is 0. The molecule has 3 rings (SSSR count). The largest absolute Gasteiger partial charge is 0.374 e. The van der Waals surface area contributed by atoms with Gasteiger partial charge >= 0.3 is 0 Å². The van der Waals surface area contributed by atoms with Crippen LogP contribution in [-0.2, 0) is 4.74 Å². The third-order valence-electron chi connectivity index (χ3n) is 5.43. The maximum Gasteiger partial charge on any atom is 0.0719 e. The van der Waals surface area contributed by atoms with Crippen molar-refractivity contribution >= 4 is 0 Å². The zero-order valence-corrected chi connectivity index (χ0v) is 12.5. The summed E-state index contributed by atoms with van der Waals surface area (Å²) in [7, 11) is 0. The minimum atomic E-state index is 0.245. The predicted molar refractivity (Wildman–Crippen MR) is 79.3 cm³/mol. The summed E-state index contributed by atoms with van der Waals surface area (Å²) in [5, 5.41) is 3.68. The second kappa shape index (κ2) is 5.97. The number of nitrogens with one attached hydrogen (secondary N) is 1. The van der Waals surface area contributed by atoms with Crippen LogP contribution in [-0.4, -0.2) is 24.8 Å². The van der Waals surface area contributed by atoms with Crippen molar-refractivity contribution < 1.29 is 4.74 Å². The highest BCUT2D eigenvalue weighted by Crippen LogP contribution is 2.42. The summed E-state index contributed by atoms with van der Waals surface area (Å²) < 4.78 is 6.15. The topological polar surface area (TPSA) is 21.3 Å². The van der Waals surface area contributed by atoms with Gasteiger partial charge in [0.2, 0.25) is 0 Å². The first kappa shape index (κ1) is 13.6. The Hall–Kier alpha value is -0.340. The van der Waals surface area contributed by atoms with Gasteiger partial charge in [-0.1, -0.05) is 30.4 Å². The van der Waals surface area contributed by atoms with Crippen LogP contribution in [0.3, 0.4) is 0 Å². The Balaban J connectivity index is 1.63. The molecule has 1 atom stereocenters. The molecule has 1 aliphatic carbocycles. The minimum Gasteiger partial charge on any atom is -0.374 e. The van der Waals surface area contributed by atoms with E-state index in [4.69, 9.17) is 4.74 Å². The smallest absolute Gasteiger partial charge is 0.0719 e. The quantitative estimate of drug-likeness (QED) is 0.761. The SMILES string of the molecule is CC(CC1CCCCN1)=C1CCOC2(CCCC2)C1. The molecule has 0 aromatic heterocycles. The Morgan fingerprint density at radius 2 is 2.11 bits per heavy atom. The Morgan fingerprint density at radius 3 is 2.84 bits per heavy atom. The van der Waals surface area contributed by atoms with Crippen LogP contribution in [0.15, 0.2) is 11.1 Å². The van der Waals surface area contributed by atoms with Crippen LogP contribution in [0.5, 0.6) is 0 Å². The third kappa shape index (κ3) is 3.22. The van der Waals surface area contributed by atoms with Crippen LogP contribution in [0, 0.1) is 0 Å². The van der Waals surface area contributed by atoms with Crippen LogP contribution < -0.4 is 5.32 Å². The number of rotatable bonds is 2. The molecule has 1 N–H and O–H groups in total. The molecule has 2 saturated heterocycles. The monoisotopic (exact) mass is 263 g/mol. The van der Waals surface area contributed by atoms with Crippen molar-refractivity contribution in [1.29, 1.82) is 0 Å². The molecule has 1 unspecified atom stereocenters. The summed E-state index contributed by atoms with van der Waals surface area (Å²) in [6, 6.07) is 0.739. The predicted octanol–water partition coefficient (Wildman–Crippen LogP) is 3.96. The summed E-state index contributed by atoms with van der Waals surface area (Å²) in [6.45, 7) is 4.56. The molecule has 1 spiro atoms. The number of hydrogen-bond donors (Lipinski definition) is 1. The number of hydrogen-bond acceptors (Lipinski definition) is 2. The molecule has 0 aromatic carbocycles.